The average molecular weight is 231 g/mol. The van der Waals surface area contributed by atoms with Gasteiger partial charge in [-0.2, -0.15) is 0 Å². The Morgan fingerprint density at radius 1 is 1.31 bits per heavy atom. The van der Waals surface area contributed by atoms with Gasteiger partial charge in [0.1, 0.15) is 6.04 Å². The molecule has 5 heteroatoms. The molecule has 1 unspecified atom stereocenters. The minimum Gasteiger partial charge on any atom is -0.468 e. The van der Waals surface area contributed by atoms with Crippen molar-refractivity contribution in [3.8, 4) is 0 Å². The summed E-state index contributed by atoms with van der Waals surface area (Å²) in [7, 11) is 3.07. The Bertz CT molecular complexity index is 206. The summed E-state index contributed by atoms with van der Waals surface area (Å²) in [4.78, 5) is 11.4. The average Bonchev–Trinajstić information content (AvgIpc) is 3.11. The van der Waals surface area contributed by atoms with E-state index in [2.05, 4.69) is 5.32 Å². The summed E-state index contributed by atoms with van der Waals surface area (Å²) in [5.41, 5.74) is 0. The normalized spacial score (nSPS) is 17.1. The summed E-state index contributed by atoms with van der Waals surface area (Å²) in [5.74, 6) is 0.283. The molecule has 0 amide bonds. The Kier molecular flexibility index (Phi) is 6.37. The zero-order valence-electron chi connectivity index (χ0n) is 10.0. The van der Waals surface area contributed by atoms with E-state index in [-0.39, 0.29) is 12.0 Å². The molecule has 0 heterocycles. The van der Waals surface area contributed by atoms with E-state index in [0.29, 0.717) is 32.3 Å². The standard InChI is InChI=1S/C11H21NO4/c1-14-7-8-16-6-5-12-10(9-3-4-9)11(13)15-2/h9-10,12H,3-8H2,1-2H3. The zero-order chi connectivity index (χ0) is 11.8. The fourth-order valence-corrected chi connectivity index (χ4v) is 1.53. The van der Waals surface area contributed by atoms with E-state index in [1.54, 1.807) is 7.11 Å². The number of ether oxygens (including phenoxy) is 3. The first kappa shape index (κ1) is 13.4. The zero-order valence-corrected chi connectivity index (χ0v) is 10.0. The first-order valence-electron chi connectivity index (χ1n) is 5.67. The molecule has 1 saturated carbocycles. The van der Waals surface area contributed by atoms with Crippen molar-refractivity contribution in [2.24, 2.45) is 5.92 Å². The van der Waals surface area contributed by atoms with Crippen LogP contribution in [0.25, 0.3) is 0 Å². The topological polar surface area (TPSA) is 56.8 Å². The first-order chi connectivity index (χ1) is 7.79. The van der Waals surface area contributed by atoms with Gasteiger partial charge in [-0.1, -0.05) is 0 Å². The van der Waals surface area contributed by atoms with Gasteiger partial charge in [-0.25, -0.2) is 0 Å². The van der Waals surface area contributed by atoms with Crippen molar-refractivity contribution in [1.82, 2.24) is 5.32 Å². The van der Waals surface area contributed by atoms with Crippen LogP contribution in [-0.4, -0.2) is 52.6 Å². The molecule has 0 spiro atoms. The van der Waals surface area contributed by atoms with Crippen LogP contribution in [0, 0.1) is 5.92 Å². The molecular weight excluding hydrogens is 210 g/mol. The Labute approximate surface area is 96.4 Å². The maximum atomic E-state index is 11.4. The first-order valence-corrected chi connectivity index (χ1v) is 5.67. The van der Waals surface area contributed by atoms with E-state index in [4.69, 9.17) is 14.2 Å². The largest absolute Gasteiger partial charge is 0.468 e. The predicted octanol–water partition coefficient (Wildman–Crippen LogP) is 0.191. The lowest BCUT2D eigenvalue weighted by atomic mass is 10.2. The van der Waals surface area contributed by atoms with Crippen LogP contribution in [-0.2, 0) is 19.0 Å². The van der Waals surface area contributed by atoms with E-state index in [1.165, 1.54) is 7.11 Å². The molecule has 16 heavy (non-hydrogen) atoms. The van der Waals surface area contributed by atoms with Crippen molar-refractivity contribution in [1.29, 1.82) is 0 Å². The number of carbonyl (C=O) groups excluding carboxylic acids is 1. The van der Waals surface area contributed by atoms with E-state index in [1.807, 2.05) is 0 Å². The fraction of sp³-hybridized carbons (Fsp3) is 0.909. The van der Waals surface area contributed by atoms with Crippen LogP contribution in [0.1, 0.15) is 12.8 Å². The van der Waals surface area contributed by atoms with Gasteiger partial charge in [0, 0.05) is 13.7 Å². The van der Waals surface area contributed by atoms with Crippen LogP contribution in [0.15, 0.2) is 0 Å². The number of nitrogens with one attached hydrogen (secondary N) is 1. The molecule has 1 N–H and O–H groups in total. The number of hydrogen-bond donors (Lipinski definition) is 1. The van der Waals surface area contributed by atoms with Gasteiger partial charge in [-0.15, -0.1) is 0 Å². The molecule has 5 nitrogen and oxygen atoms in total. The molecule has 0 aromatic rings. The summed E-state index contributed by atoms with van der Waals surface area (Å²) in [6.45, 7) is 2.44. The molecule has 1 atom stereocenters. The molecule has 1 aliphatic carbocycles. The second-order valence-electron chi connectivity index (χ2n) is 3.90. The summed E-state index contributed by atoms with van der Waals surface area (Å²) in [6, 6.07) is -0.156. The molecule has 0 bridgehead atoms. The summed E-state index contributed by atoms with van der Waals surface area (Å²) in [5, 5.41) is 3.17. The lowest BCUT2D eigenvalue weighted by molar-refractivity contribution is -0.143. The molecule has 0 saturated heterocycles. The fourth-order valence-electron chi connectivity index (χ4n) is 1.53. The van der Waals surface area contributed by atoms with Gasteiger partial charge in [-0.05, 0) is 18.8 Å². The van der Waals surface area contributed by atoms with Crippen molar-refractivity contribution >= 4 is 5.97 Å². The van der Waals surface area contributed by atoms with Crippen molar-refractivity contribution in [2.45, 2.75) is 18.9 Å². The Balaban J connectivity index is 2.06. The number of hydrogen-bond acceptors (Lipinski definition) is 5. The van der Waals surface area contributed by atoms with Gasteiger partial charge in [0.15, 0.2) is 0 Å². The van der Waals surface area contributed by atoms with Gasteiger partial charge in [0.25, 0.3) is 0 Å². The lowest BCUT2D eigenvalue weighted by Crippen LogP contribution is -2.41. The number of rotatable bonds is 9. The quantitative estimate of drug-likeness (QED) is 0.453. The van der Waals surface area contributed by atoms with Crippen LogP contribution in [0.3, 0.4) is 0 Å². The van der Waals surface area contributed by atoms with Crippen molar-refractivity contribution in [3.63, 3.8) is 0 Å². The molecule has 0 aliphatic heterocycles. The number of methoxy groups -OCH3 is 2. The molecule has 1 aliphatic rings. The Morgan fingerprint density at radius 3 is 2.62 bits per heavy atom. The maximum Gasteiger partial charge on any atom is 0.323 e. The number of esters is 1. The highest BCUT2D eigenvalue weighted by atomic mass is 16.5. The SMILES string of the molecule is COCCOCCNC(C(=O)OC)C1CC1. The van der Waals surface area contributed by atoms with Crippen LogP contribution in [0.2, 0.25) is 0 Å². The van der Waals surface area contributed by atoms with Crippen molar-refractivity contribution in [3.05, 3.63) is 0 Å². The summed E-state index contributed by atoms with van der Waals surface area (Å²) < 4.78 is 14.9. The highest BCUT2D eigenvalue weighted by molar-refractivity contribution is 5.76. The van der Waals surface area contributed by atoms with Gasteiger partial charge >= 0.3 is 5.97 Å². The smallest absolute Gasteiger partial charge is 0.323 e. The lowest BCUT2D eigenvalue weighted by Gasteiger charge is -2.15. The van der Waals surface area contributed by atoms with E-state index >= 15 is 0 Å². The van der Waals surface area contributed by atoms with Crippen LogP contribution >= 0.6 is 0 Å². The molecule has 0 aromatic carbocycles. The van der Waals surface area contributed by atoms with Gasteiger partial charge in [-0.3, -0.25) is 4.79 Å². The third kappa shape index (κ3) is 4.92. The third-order valence-corrected chi connectivity index (χ3v) is 2.59. The maximum absolute atomic E-state index is 11.4. The second kappa shape index (κ2) is 7.60. The summed E-state index contributed by atoms with van der Waals surface area (Å²) in [6.07, 6.45) is 2.22. The summed E-state index contributed by atoms with van der Waals surface area (Å²) >= 11 is 0. The molecule has 94 valence electrons. The van der Waals surface area contributed by atoms with Gasteiger partial charge in [0.05, 0.1) is 26.9 Å². The predicted molar refractivity (Wildman–Crippen MR) is 59.2 cm³/mol. The number of carbonyl (C=O) groups is 1. The van der Waals surface area contributed by atoms with Crippen LogP contribution in [0.5, 0.6) is 0 Å². The van der Waals surface area contributed by atoms with E-state index < -0.39 is 0 Å². The van der Waals surface area contributed by atoms with Crippen molar-refractivity contribution < 1.29 is 19.0 Å². The molecular formula is C11H21NO4. The highest BCUT2D eigenvalue weighted by Gasteiger charge is 2.36. The molecule has 1 rings (SSSR count). The Morgan fingerprint density at radius 2 is 2.06 bits per heavy atom. The van der Waals surface area contributed by atoms with Crippen molar-refractivity contribution in [2.75, 3.05) is 40.6 Å². The van der Waals surface area contributed by atoms with Gasteiger partial charge < -0.3 is 19.5 Å². The third-order valence-electron chi connectivity index (χ3n) is 2.59. The molecule has 1 fully saturated rings. The monoisotopic (exact) mass is 231 g/mol. The van der Waals surface area contributed by atoms with Crippen LogP contribution in [0.4, 0.5) is 0 Å². The minimum absolute atomic E-state index is 0.156. The van der Waals surface area contributed by atoms with E-state index in [9.17, 15) is 4.79 Å². The second-order valence-corrected chi connectivity index (χ2v) is 3.90. The van der Waals surface area contributed by atoms with Crippen LogP contribution < -0.4 is 5.32 Å². The van der Waals surface area contributed by atoms with Gasteiger partial charge in [0.2, 0.25) is 0 Å². The minimum atomic E-state index is -0.167. The highest BCUT2D eigenvalue weighted by Crippen LogP contribution is 2.32. The molecule has 0 aromatic heterocycles. The molecule has 0 radical (unpaired) electrons. The van der Waals surface area contributed by atoms with E-state index in [0.717, 1.165) is 12.8 Å². The Hall–Kier alpha value is -0.650.